The average Bonchev–Trinajstić information content (AvgIpc) is 3.02. The maximum Gasteiger partial charge on any atom is 0.224 e. The Hall–Kier alpha value is -1.89. The Labute approximate surface area is 142 Å². The van der Waals surface area contributed by atoms with Gasteiger partial charge in [-0.25, -0.2) is 0 Å². The number of aromatic nitrogens is 2. The molecular weight excluding hydrogens is 306 g/mol. The van der Waals surface area contributed by atoms with Crippen LogP contribution in [0.4, 0.5) is 0 Å². The molecule has 132 valence electrons. The summed E-state index contributed by atoms with van der Waals surface area (Å²) in [5, 5.41) is 11.0. The van der Waals surface area contributed by atoms with E-state index in [4.69, 9.17) is 0 Å². The lowest BCUT2D eigenvalue weighted by atomic mass is 10.2. The number of hydrogen-bond acceptors (Lipinski definition) is 4. The summed E-state index contributed by atoms with van der Waals surface area (Å²) in [5.74, 6) is 0.153. The van der Waals surface area contributed by atoms with Crippen molar-refractivity contribution < 1.29 is 9.59 Å². The Balaban J connectivity index is 1.45. The highest BCUT2D eigenvalue weighted by Gasteiger charge is 2.29. The van der Waals surface area contributed by atoms with Crippen LogP contribution in [0.15, 0.2) is 6.07 Å². The van der Waals surface area contributed by atoms with Crippen molar-refractivity contribution in [2.24, 2.45) is 0 Å². The first-order valence-corrected chi connectivity index (χ1v) is 8.99. The van der Waals surface area contributed by atoms with Gasteiger partial charge in [0.1, 0.15) is 0 Å². The highest BCUT2D eigenvalue weighted by Crippen LogP contribution is 2.13. The van der Waals surface area contributed by atoms with Crippen LogP contribution >= 0.6 is 0 Å². The fraction of sp³-hybridized carbons (Fsp3) is 0.706. The number of aryl methyl sites for hydroxylation is 2. The molecule has 1 saturated heterocycles. The largest absolute Gasteiger partial charge is 0.351 e. The second kappa shape index (κ2) is 7.79. The molecule has 2 amide bonds. The maximum atomic E-state index is 12.2. The molecule has 0 unspecified atom stereocenters. The minimum atomic E-state index is -0.0422. The van der Waals surface area contributed by atoms with Gasteiger partial charge in [0.15, 0.2) is 0 Å². The maximum absolute atomic E-state index is 12.2. The van der Waals surface area contributed by atoms with Gasteiger partial charge in [-0.05, 0) is 25.5 Å². The van der Waals surface area contributed by atoms with Crippen molar-refractivity contribution in [3.05, 3.63) is 17.5 Å². The van der Waals surface area contributed by atoms with Crippen molar-refractivity contribution >= 4 is 11.8 Å². The van der Waals surface area contributed by atoms with Crippen molar-refractivity contribution in [3.8, 4) is 0 Å². The summed E-state index contributed by atoms with van der Waals surface area (Å²) in [6, 6.07) is 2.05. The van der Waals surface area contributed by atoms with E-state index in [0.29, 0.717) is 25.8 Å². The summed E-state index contributed by atoms with van der Waals surface area (Å²) < 4.78 is 2.05. The van der Waals surface area contributed by atoms with Crippen LogP contribution in [0.5, 0.6) is 0 Å². The molecule has 0 saturated carbocycles. The zero-order chi connectivity index (χ0) is 16.9. The van der Waals surface area contributed by atoms with Crippen molar-refractivity contribution in [1.82, 2.24) is 25.3 Å². The van der Waals surface area contributed by atoms with E-state index < -0.39 is 0 Å². The van der Waals surface area contributed by atoms with Crippen molar-refractivity contribution in [3.63, 3.8) is 0 Å². The van der Waals surface area contributed by atoms with E-state index in [1.807, 2.05) is 9.58 Å². The summed E-state index contributed by atoms with van der Waals surface area (Å²) in [7, 11) is 0. The van der Waals surface area contributed by atoms with Crippen molar-refractivity contribution in [2.45, 2.75) is 58.2 Å². The molecular formula is C17H27N5O2. The second-order valence-corrected chi connectivity index (χ2v) is 6.69. The van der Waals surface area contributed by atoms with Gasteiger partial charge in [0.2, 0.25) is 11.8 Å². The monoisotopic (exact) mass is 333 g/mol. The SMILES string of the molecule is CCCN1C[C@H](NC(=O)CCc2cc3n(n2)CCCNC3)CC1=O. The first-order chi connectivity index (χ1) is 11.7. The van der Waals surface area contributed by atoms with Gasteiger partial charge in [0.05, 0.1) is 17.4 Å². The number of fused-ring (bicyclic) bond motifs is 1. The van der Waals surface area contributed by atoms with Gasteiger partial charge in [0, 0.05) is 45.4 Å². The fourth-order valence-corrected chi connectivity index (χ4v) is 3.44. The summed E-state index contributed by atoms with van der Waals surface area (Å²) in [4.78, 5) is 25.8. The molecule has 0 aromatic carbocycles. The van der Waals surface area contributed by atoms with Gasteiger partial charge in [-0.15, -0.1) is 0 Å². The highest BCUT2D eigenvalue weighted by atomic mass is 16.2. The van der Waals surface area contributed by atoms with Crippen LogP contribution in [0.2, 0.25) is 0 Å². The average molecular weight is 333 g/mol. The van der Waals surface area contributed by atoms with Crippen LogP contribution in [-0.4, -0.2) is 52.2 Å². The Bertz CT molecular complexity index is 574. The predicted octanol–water partition coefficient (Wildman–Crippen LogP) is 0.436. The van der Waals surface area contributed by atoms with Crippen LogP contribution in [0.3, 0.4) is 0 Å². The fourth-order valence-electron chi connectivity index (χ4n) is 3.44. The van der Waals surface area contributed by atoms with E-state index in [1.54, 1.807) is 0 Å². The third kappa shape index (κ3) is 4.14. The number of nitrogens with one attached hydrogen (secondary N) is 2. The molecule has 2 N–H and O–H groups in total. The predicted molar refractivity (Wildman–Crippen MR) is 90.3 cm³/mol. The lowest BCUT2D eigenvalue weighted by Crippen LogP contribution is -2.37. The summed E-state index contributed by atoms with van der Waals surface area (Å²) in [6.07, 6.45) is 3.52. The molecule has 24 heavy (non-hydrogen) atoms. The molecule has 0 radical (unpaired) electrons. The van der Waals surface area contributed by atoms with Crippen molar-refractivity contribution in [2.75, 3.05) is 19.6 Å². The highest BCUT2D eigenvalue weighted by molar-refractivity contribution is 5.82. The third-order valence-corrected chi connectivity index (χ3v) is 4.62. The van der Waals surface area contributed by atoms with E-state index in [-0.39, 0.29) is 17.9 Å². The number of nitrogens with zero attached hydrogens (tertiary/aromatic N) is 3. The zero-order valence-corrected chi connectivity index (χ0v) is 14.4. The summed E-state index contributed by atoms with van der Waals surface area (Å²) in [5.41, 5.74) is 2.17. The number of carbonyl (C=O) groups excluding carboxylic acids is 2. The third-order valence-electron chi connectivity index (χ3n) is 4.62. The molecule has 1 fully saturated rings. The van der Waals surface area contributed by atoms with Crippen LogP contribution < -0.4 is 10.6 Å². The lowest BCUT2D eigenvalue weighted by molar-refractivity contribution is -0.127. The molecule has 1 aromatic rings. The van der Waals surface area contributed by atoms with Gasteiger partial charge >= 0.3 is 0 Å². The Morgan fingerprint density at radius 2 is 2.38 bits per heavy atom. The zero-order valence-electron chi connectivity index (χ0n) is 14.4. The molecule has 2 aliphatic rings. The van der Waals surface area contributed by atoms with Crippen molar-refractivity contribution in [1.29, 1.82) is 0 Å². The lowest BCUT2D eigenvalue weighted by Gasteiger charge is -2.15. The topological polar surface area (TPSA) is 79.3 Å². The first-order valence-electron chi connectivity index (χ1n) is 8.99. The number of rotatable bonds is 6. The van der Waals surface area contributed by atoms with Gasteiger partial charge in [-0.3, -0.25) is 14.3 Å². The summed E-state index contributed by atoms with van der Waals surface area (Å²) in [6.45, 7) is 6.28. The number of carbonyl (C=O) groups is 2. The molecule has 1 atom stereocenters. The molecule has 7 heteroatoms. The van der Waals surface area contributed by atoms with E-state index in [9.17, 15) is 9.59 Å². The molecule has 0 spiro atoms. The molecule has 1 aromatic heterocycles. The van der Waals surface area contributed by atoms with Gasteiger partial charge in [-0.2, -0.15) is 5.10 Å². The minimum absolute atomic E-state index is 0.00691. The van der Waals surface area contributed by atoms with Gasteiger partial charge < -0.3 is 15.5 Å². The Morgan fingerprint density at radius 3 is 3.21 bits per heavy atom. The van der Waals surface area contributed by atoms with E-state index in [1.165, 1.54) is 5.69 Å². The van der Waals surface area contributed by atoms with E-state index >= 15 is 0 Å². The van der Waals surface area contributed by atoms with E-state index in [2.05, 4.69) is 28.7 Å². The van der Waals surface area contributed by atoms with Crippen LogP contribution in [-0.2, 0) is 29.1 Å². The summed E-state index contributed by atoms with van der Waals surface area (Å²) >= 11 is 0. The van der Waals surface area contributed by atoms with Gasteiger partial charge in [-0.1, -0.05) is 6.92 Å². The van der Waals surface area contributed by atoms with Crippen LogP contribution in [0.1, 0.15) is 44.0 Å². The molecule has 3 rings (SSSR count). The number of amides is 2. The molecule has 0 bridgehead atoms. The Morgan fingerprint density at radius 1 is 1.50 bits per heavy atom. The number of hydrogen-bond donors (Lipinski definition) is 2. The minimum Gasteiger partial charge on any atom is -0.351 e. The molecule has 7 nitrogen and oxygen atoms in total. The molecule has 0 aliphatic carbocycles. The van der Waals surface area contributed by atoms with Crippen LogP contribution in [0, 0.1) is 0 Å². The standard InChI is InChI=1S/C17H27N5O2/c1-2-7-21-12-14(10-17(21)24)19-16(23)5-4-13-9-15-11-18-6-3-8-22(15)20-13/h9,14,18H,2-8,10-12H2,1H3,(H,19,23)/t14-/m1/s1. The smallest absolute Gasteiger partial charge is 0.224 e. The number of likely N-dealkylation sites (tertiary alicyclic amines) is 1. The normalized spacial score (nSPS) is 20.8. The Kier molecular flexibility index (Phi) is 5.50. The first kappa shape index (κ1) is 17.0. The van der Waals surface area contributed by atoms with Crippen LogP contribution in [0.25, 0.3) is 0 Å². The molecule has 2 aliphatic heterocycles. The molecule has 3 heterocycles. The van der Waals surface area contributed by atoms with E-state index in [0.717, 1.165) is 44.7 Å². The second-order valence-electron chi connectivity index (χ2n) is 6.69. The quantitative estimate of drug-likeness (QED) is 0.792. The van der Waals surface area contributed by atoms with Gasteiger partial charge in [0.25, 0.3) is 0 Å².